The quantitative estimate of drug-likeness (QED) is 0.130. The molecule has 4 heterocycles. The molecule has 0 unspecified atom stereocenters. The molecule has 5 N–H and O–H groups in total. The third-order valence-electron chi connectivity index (χ3n) is 9.99. The number of aliphatic hydroxyl groups is 2. The van der Waals surface area contributed by atoms with E-state index in [0.717, 1.165) is 6.20 Å². The van der Waals surface area contributed by atoms with Gasteiger partial charge in [-0.1, -0.05) is 13.8 Å². The fraction of sp³-hybridized carbons (Fsp3) is 0.447. The van der Waals surface area contributed by atoms with Crippen molar-refractivity contribution in [2.24, 2.45) is 5.92 Å². The zero-order valence-electron chi connectivity index (χ0n) is 31.3. The average molecular weight is 796 g/mol. The number of esters is 1. The van der Waals surface area contributed by atoms with Crippen molar-refractivity contribution in [1.29, 1.82) is 0 Å². The zero-order valence-corrected chi connectivity index (χ0v) is 31.3. The van der Waals surface area contributed by atoms with Gasteiger partial charge in [0.25, 0.3) is 11.8 Å². The van der Waals surface area contributed by atoms with Gasteiger partial charge in [0.1, 0.15) is 17.6 Å². The molecule has 304 valence electrons. The van der Waals surface area contributed by atoms with E-state index in [1.807, 2.05) is 13.8 Å². The van der Waals surface area contributed by atoms with Gasteiger partial charge >= 0.3 is 17.6 Å². The van der Waals surface area contributed by atoms with Crippen molar-refractivity contribution >= 4 is 17.8 Å². The monoisotopic (exact) mass is 795 g/mol. The lowest BCUT2D eigenvalue weighted by Gasteiger charge is -2.31. The van der Waals surface area contributed by atoms with E-state index in [4.69, 9.17) is 9.47 Å². The fourth-order valence-electron chi connectivity index (χ4n) is 6.82. The van der Waals surface area contributed by atoms with Crippen LogP contribution >= 0.6 is 0 Å². The summed E-state index contributed by atoms with van der Waals surface area (Å²) in [5, 5.41) is 51.1. The number of likely N-dealkylation sites (tertiary alicyclic amines) is 1. The molecule has 17 nitrogen and oxygen atoms in total. The number of nitrogens with one attached hydrogen (secondary N) is 1. The van der Waals surface area contributed by atoms with Crippen LogP contribution in [0.4, 0.5) is 8.78 Å². The SMILES string of the molecule is CCNC(=O)c1nnc(-c2cc(C(C)C)c(O)cc2O)n1-c1ccc(C(=O)N2CCC(COC(=O)Cc3ccn([C@H]4O[C@@H](CO)[C@H](O)C4(F)F)c(=O)n3)CC2)cc1. The van der Waals surface area contributed by atoms with Crippen molar-refractivity contribution in [1.82, 2.24) is 34.5 Å². The van der Waals surface area contributed by atoms with Gasteiger partial charge in [-0.25, -0.2) is 4.79 Å². The summed E-state index contributed by atoms with van der Waals surface area (Å²) in [6, 6.07) is 10.5. The molecule has 2 saturated heterocycles. The highest BCUT2D eigenvalue weighted by atomic mass is 19.3. The highest BCUT2D eigenvalue weighted by Gasteiger charge is 2.59. The number of alkyl halides is 2. The van der Waals surface area contributed by atoms with Gasteiger partial charge in [-0.2, -0.15) is 13.8 Å². The Morgan fingerprint density at radius 2 is 1.75 bits per heavy atom. The largest absolute Gasteiger partial charge is 0.508 e. The number of aromatic hydroxyl groups is 2. The third-order valence-corrected chi connectivity index (χ3v) is 9.99. The molecule has 4 aromatic rings. The molecule has 2 aliphatic heterocycles. The Morgan fingerprint density at radius 3 is 2.37 bits per heavy atom. The molecule has 19 heteroatoms. The van der Waals surface area contributed by atoms with Crippen LogP contribution < -0.4 is 11.0 Å². The van der Waals surface area contributed by atoms with E-state index in [1.165, 1.54) is 16.7 Å². The highest BCUT2D eigenvalue weighted by molar-refractivity contribution is 5.95. The van der Waals surface area contributed by atoms with Crippen LogP contribution in [-0.4, -0.2) is 118 Å². The summed E-state index contributed by atoms with van der Waals surface area (Å²) in [5.74, 6) is -5.66. The van der Waals surface area contributed by atoms with Crippen molar-refractivity contribution in [2.75, 3.05) is 32.8 Å². The van der Waals surface area contributed by atoms with E-state index < -0.39 is 55.0 Å². The van der Waals surface area contributed by atoms with Gasteiger partial charge in [-0.05, 0) is 73.6 Å². The van der Waals surface area contributed by atoms with Crippen LogP contribution in [0, 0.1) is 5.92 Å². The number of nitrogens with zero attached hydrogens (tertiary/aromatic N) is 6. The number of amides is 2. The van der Waals surface area contributed by atoms with Crippen LogP contribution in [0.15, 0.2) is 53.5 Å². The van der Waals surface area contributed by atoms with Gasteiger partial charge < -0.3 is 40.1 Å². The minimum atomic E-state index is -3.87. The molecule has 0 radical (unpaired) electrons. The van der Waals surface area contributed by atoms with Crippen molar-refractivity contribution < 1.29 is 53.1 Å². The second-order valence-electron chi connectivity index (χ2n) is 14.2. The number of benzene rings is 2. The number of carbonyl (C=O) groups excluding carboxylic acids is 3. The third kappa shape index (κ3) is 8.35. The van der Waals surface area contributed by atoms with Crippen LogP contribution in [0.1, 0.15) is 78.0 Å². The number of aromatic nitrogens is 5. The number of phenols is 2. The predicted molar refractivity (Wildman–Crippen MR) is 196 cm³/mol. The molecule has 0 spiro atoms. The molecule has 6 rings (SSSR count). The van der Waals surface area contributed by atoms with E-state index in [0.29, 0.717) is 53.9 Å². The summed E-state index contributed by atoms with van der Waals surface area (Å²) in [6.07, 6.45) is -4.44. The molecule has 2 fully saturated rings. The summed E-state index contributed by atoms with van der Waals surface area (Å²) >= 11 is 0. The Hall–Kier alpha value is -5.79. The van der Waals surface area contributed by atoms with E-state index in [-0.39, 0.29) is 58.8 Å². The van der Waals surface area contributed by atoms with E-state index in [1.54, 1.807) is 42.2 Å². The molecule has 2 aromatic heterocycles. The average Bonchev–Trinajstić information content (AvgIpc) is 3.72. The van der Waals surface area contributed by atoms with Crippen LogP contribution in [0.25, 0.3) is 17.1 Å². The van der Waals surface area contributed by atoms with Crippen LogP contribution in [0.2, 0.25) is 0 Å². The Balaban J connectivity index is 1.06. The molecule has 3 atom stereocenters. The number of piperidine rings is 1. The second kappa shape index (κ2) is 16.7. The first-order valence-corrected chi connectivity index (χ1v) is 18.4. The first kappa shape index (κ1) is 40.9. The molecule has 2 amide bonds. The molecular formula is C38H43F2N7O10. The first-order chi connectivity index (χ1) is 27.1. The summed E-state index contributed by atoms with van der Waals surface area (Å²) in [5.41, 5.74) is 0.488. The van der Waals surface area contributed by atoms with Gasteiger partial charge in [-0.15, -0.1) is 10.2 Å². The number of carbonyl (C=O) groups is 3. The van der Waals surface area contributed by atoms with Gasteiger partial charge in [-0.3, -0.25) is 23.5 Å². The molecule has 0 aliphatic carbocycles. The zero-order chi connectivity index (χ0) is 41.2. The maximum absolute atomic E-state index is 14.5. The number of halogens is 2. The molecule has 2 aliphatic rings. The maximum atomic E-state index is 14.5. The van der Waals surface area contributed by atoms with Gasteiger partial charge in [0.15, 0.2) is 11.9 Å². The second-order valence-corrected chi connectivity index (χ2v) is 14.2. The molecule has 2 aromatic carbocycles. The lowest BCUT2D eigenvalue weighted by atomic mass is 9.97. The molecule has 0 saturated carbocycles. The highest BCUT2D eigenvalue weighted by Crippen LogP contribution is 2.42. The van der Waals surface area contributed by atoms with Gasteiger partial charge in [0.05, 0.1) is 30.9 Å². The summed E-state index contributed by atoms with van der Waals surface area (Å²) in [7, 11) is 0. The Kier molecular flexibility index (Phi) is 12.0. The Bertz CT molecular complexity index is 2190. The summed E-state index contributed by atoms with van der Waals surface area (Å²) < 4.78 is 41.3. The van der Waals surface area contributed by atoms with Crippen LogP contribution in [0.5, 0.6) is 11.5 Å². The Labute approximate surface area is 324 Å². The molecule has 57 heavy (non-hydrogen) atoms. The van der Waals surface area contributed by atoms with Gasteiger partial charge in [0.2, 0.25) is 12.1 Å². The van der Waals surface area contributed by atoms with E-state index >= 15 is 0 Å². The maximum Gasteiger partial charge on any atom is 0.350 e. The minimum absolute atomic E-state index is 0.0204. The molecule has 0 bridgehead atoms. The van der Waals surface area contributed by atoms with Crippen molar-refractivity contribution in [3.05, 3.63) is 81.8 Å². The minimum Gasteiger partial charge on any atom is -0.508 e. The summed E-state index contributed by atoms with van der Waals surface area (Å²) in [6.45, 7) is 5.80. The number of rotatable bonds is 12. The predicted octanol–water partition coefficient (Wildman–Crippen LogP) is 2.30. The van der Waals surface area contributed by atoms with E-state index in [2.05, 4.69) is 20.5 Å². The number of phenolic OH excluding ortho intramolecular Hbond substituents is 2. The normalized spacial score (nSPS) is 19.5. The first-order valence-electron chi connectivity index (χ1n) is 18.4. The number of ether oxygens (including phenoxy) is 2. The van der Waals surface area contributed by atoms with Crippen LogP contribution in [0.3, 0.4) is 0 Å². The van der Waals surface area contributed by atoms with Crippen molar-refractivity contribution in [2.45, 2.75) is 70.3 Å². The van der Waals surface area contributed by atoms with Gasteiger partial charge in [0, 0.05) is 43.1 Å². The number of hydrogen-bond acceptors (Lipinski definition) is 13. The summed E-state index contributed by atoms with van der Waals surface area (Å²) in [4.78, 5) is 57.0. The topological polar surface area (TPSA) is 231 Å². The van der Waals surface area contributed by atoms with E-state index in [9.17, 15) is 48.4 Å². The molecular weight excluding hydrogens is 752 g/mol. The smallest absolute Gasteiger partial charge is 0.350 e. The fourth-order valence-corrected chi connectivity index (χ4v) is 6.82. The lowest BCUT2D eigenvalue weighted by Crippen LogP contribution is -2.42. The number of aliphatic hydroxyl groups excluding tert-OH is 2. The number of hydrogen-bond donors (Lipinski definition) is 5. The Morgan fingerprint density at radius 1 is 1.05 bits per heavy atom. The van der Waals surface area contributed by atoms with Crippen LogP contribution in [-0.2, 0) is 20.7 Å². The van der Waals surface area contributed by atoms with Crippen molar-refractivity contribution in [3.63, 3.8) is 0 Å². The lowest BCUT2D eigenvalue weighted by molar-refractivity contribution is -0.144. The standard InChI is InChI=1S/C38H43F2N7O10/c1-4-41-34(53)33-44-43-32(26-16-25(20(2)3)27(49)17-28(26)50)47(33)24-7-5-22(6-8-24)35(54)45-12-9-21(10-13-45)19-56-30(51)15-23-11-14-46(37(55)42-23)36-38(39,40)31(52)29(18-48)57-36/h5-8,11,14,16-17,20-21,29,31,36,48-50,52H,4,9-10,12-13,15,18-19H2,1-3H3,(H,41,53)/t29-,31-,36-/m0/s1. The van der Waals surface area contributed by atoms with Crippen molar-refractivity contribution in [3.8, 4) is 28.6 Å².